The average molecular weight is 310 g/mol. The van der Waals surface area contributed by atoms with Crippen molar-refractivity contribution in [1.29, 1.82) is 0 Å². The van der Waals surface area contributed by atoms with Crippen LogP contribution in [0.25, 0.3) is 0 Å². The first-order valence-corrected chi connectivity index (χ1v) is 6.84. The molecule has 0 heterocycles. The second-order valence-corrected chi connectivity index (χ2v) is 5.27. The van der Waals surface area contributed by atoms with E-state index in [9.17, 15) is 13.6 Å². The van der Waals surface area contributed by atoms with Gasteiger partial charge in [0.15, 0.2) is 0 Å². The number of benzene rings is 2. The van der Waals surface area contributed by atoms with Crippen LogP contribution in [0.15, 0.2) is 42.5 Å². The van der Waals surface area contributed by atoms with Gasteiger partial charge in [0.2, 0.25) is 0 Å². The molecule has 1 amide bonds. The van der Waals surface area contributed by atoms with Crippen LogP contribution in [-0.4, -0.2) is 11.9 Å². The molecule has 2 aromatic rings. The molecule has 0 fully saturated rings. The molecule has 2 rings (SSSR count). The molecule has 0 aliphatic heterocycles. The highest BCUT2D eigenvalue weighted by Crippen LogP contribution is 2.13. The molecular weight excluding hydrogens is 296 g/mol. The molecule has 1 N–H and O–H groups in total. The maximum atomic E-state index is 13.5. The molecule has 0 bridgehead atoms. The quantitative estimate of drug-likeness (QED) is 0.909. The summed E-state index contributed by atoms with van der Waals surface area (Å²) in [6.45, 7) is 1.81. The molecule has 21 heavy (non-hydrogen) atoms. The summed E-state index contributed by atoms with van der Waals surface area (Å²) in [4.78, 5) is 11.9. The fourth-order valence-corrected chi connectivity index (χ4v) is 2.26. The number of carbonyl (C=O) groups excluding carboxylic acids is 1. The smallest absolute Gasteiger partial charge is 0.254 e. The number of hydrogen-bond donors (Lipinski definition) is 1. The topological polar surface area (TPSA) is 29.1 Å². The van der Waals surface area contributed by atoms with Crippen LogP contribution < -0.4 is 5.32 Å². The highest BCUT2D eigenvalue weighted by Gasteiger charge is 2.15. The van der Waals surface area contributed by atoms with E-state index in [1.807, 2.05) is 18.2 Å². The molecule has 1 atom stereocenters. The molecule has 0 spiro atoms. The van der Waals surface area contributed by atoms with Crippen molar-refractivity contribution in [2.24, 2.45) is 0 Å². The summed E-state index contributed by atoms with van der Waals surface area (Å²) in [6, 6.07) is 9.96. The summed E-state index contributed by atoms with van der Waals surface area (Å²) in [6.07, 6.45) is 0.565. The van der Waals surface area contributed by atoms with Gasteiger partial charge >= 0.3 is 0 Å². The number of amides is 1. The van der Waals surface area contributed by atoms with Crippen molar-refractivity contribution in [3.63, 3.8) is 0 Å². The van der Waals surface area contributed by atoms with Gasteiger partial charge in [-0.3, -0.25) is 4.79 Å². The first-order valence-electron chi connectivity index (χ1n) is 6.46. The third-order valence-electron chi connectivity index (χ3n) is 2.98. The molecule has 0 aromatic heterocycles. The molecule has 0 radical (unpaired) electrons. The van der Waals surface area contributed by atoms with Gasteiger partial charge in [0.1, 0.15) is 11.6 Å². The molecule has 0 unspecified atom stereocenters. The van der Waals surface area contributed by atoms with Crippen molar-refractivity contribution in [1.82, 2.24) is 5.32 Å². The van der Waals surface area contributed by atoms with E-state index in [2.05, 4.69) is 5.32 Å². The zero-order valence-corrected chi connectivity index (χ0v) is 12.1. The molecule has 0 aliphatic carbocycles. The minimum absolute atomic E-state index is 0.172. The SMILES string of the molecule is C[C@@H](Cc1cccc(Cl)c1)NC(=O)c1ccc(F)cc1F. The maximum absolute atomic E-state index is 13.5. The van der Waals surface area contributed by atoms with Gasteiger partial charge in [-0.2, -0.15) is 0 Å². The van der Waals surface area contributed by atoms with Crippen LogP contribution in [-0.2, 0) is 6.42 Å². The lowest BCUT2D eigenvalue weighted by Crippen LogP contribution is -2.34. The molecule has 5 heteroatoms. The summed E-state index contributed by atoms with van der Waals surface area (Å²) < 4.78 is 26.3. The Bertz CT molecular complexity index is 660. The molecular formula is C16H14ClF2NO. The van der Waals surface area contributed by atoms with Gasteiger partial charge in [0, 0.05) is 17.1 Å². The monoisotopic (exact) mass is 309 g/mol. The lowest BCUT2D eigenvalue weighted by molar-refractivity contribution is 0.0936. The summed E-state index contributed by atoms with van der Waals surface area (Å²) >= 11 is 5.89. The Kier molecular flexibility index (Phi) is 4.91. The highest BCUT2D eigenvalue weighted by atomic mass is 35.5. The Morgan fingerprint density at radius 2 is 2.00 bits per heavy atom. The van der Waals surface area contributed by atoms with Crippen molar-refractivity contribution in [2.45, 2.75) is 19.4 Å². The second-order valence-electron chi connectivity index (χ2n) is 4.83. The second kappa shape index (κ2) is 6.68. The minimum atomic E-state index is -0.873. The summed E-state index contributed by atoms with van der Waals surface area (Å²) in [5, 5.41) is 3.30. The van der Waals surface area contributed by atoms with Crippen LogP contribution in [0.2, 0.25) is 5.02 Å². The maximum Gasteiger partial charge on any atom is 0.254 e. The molecule has 0 aliphatic rings. The van der Waals surface area contributed by atoms with Gasteiger partial charge in [0.25, 0.3) is 5.91 Å². The molecule has 2 aromatic carbocycles. The Morgan fingerprint density at radius 1 is 1.24 bits per heavy atom. The van der Waals surface area contributed by atoms with E-state index in [1.165, 1.54) is 0 Å². The van der Waals surface area contributed by atoms with Gasteiger partial charge in [-0.15, -0.1) is 0 Å². The van der Waals surface area contributed by atoms with E-state index in [4.69, 9.17) is 11.6 Å². The van der Waals surface area contributed by atoms with Gasteiger partial charge in [-0.25, -0.2) is 8.78 Å². The number of nitrogens with one attached hydrogen (secondary N) is 1. The van der Waals surface area contributed by atoms with Crippen LogP contribution >= 0.6 is 11.6 Å². The Morgan fingerprint density at radius 3 is 2.67 bits per heavy atom. The third-order valence-corrected chi connectivity index (χ3v) is 3.22. The number of carbonyl (C=O) groups is 1. The predicted molar refractivity (Wildman–Crippen MR) is 78.4 cm³/mol. The van der Waals surface area contributed by atoms with E-state index in [0.29, 0.717) is 17.5 Å². The van der Waals surface area contributed by atoms with E-state index < -0.39 is 17.5 Å². The van der Waals surface area contributed by atoms with Crippen LogP contribution in [0.4, 0.5) is 8.78 Å². The van der Waals surface area contributed by atoms with Crippen molar-refractivity contribution in [2.75, 3.05) is 0 Å². The Labute approximate surface area is 126 Å². The lowest BCUT2D eigenvalue weighted by atomic mass is 10.1. The normalized spacial score (nSPS) is 12.0. The van der Waals surface area contributed by atoms with Crippen molar-refractivity contribution < 1.29 is 13.6 Å². The Balaban J connectivity index is 2.02. The van der Waals surface area contributed by atoms with Crippen LogP contribution in [0.5, 0.6) is 0 Å². The standard InChI is InChI=1S/C16H14ClF2NO/c1-10(7-11-3-2-4-12(17)8-11)20-16(21)14-6-5-13(18)9-15(14)19/h2-6,8-10H,7H2,1H3,(H,20,21)/t10-/m0/s1. The minimum Gasteiger partial charge on any atom is -0.349 e. The first kappa shape index (κ1) is 15.4. The van der Waals surface area contributed by atoms with Crippen molar-refractivity contribution >= 4 is 17.5 Å². The van der Waals surface area contributed by atoms with Crippen molar-refractivity contribution in [3.05, 3.63) is 70.2 Å². The largest absolute Gasteiger partial charge is 0.349 e. The van der Waals surface area contributed by atoms with E-state index in [0.717, 1.165) is 17.7 Å². The number of hydrogen-bond acceptors (Lipinski definition) is 1. The zero-order valence-electron chi connectivity index (χ0n) is 11.4. The van der Waals surface area contributed by atoms with Crippen LogP contribution in [0, 0.1) is 11.6 Å². The molecule has 0 saturated carbocycles. The number of halogens is 3. The molecule has 0 saturated heterocycles. The lowest BCUT2D eigenvalue weighted by Gasteiger charge is -2.14. The fraction of sp³-hybridized carbons (Fsp3) is 0.188. The van der Waals surface area contributed by atoms with Gasteiger partial charge in [-0.1, -0.05) is 23.7 Å². The van der Waals surface area contributed by atoms with Gasteiger partial charge in [-0.05, 0) is 43.2 Å². The van der Waals surface area contributed by atoms with Crippen LogP contribution in [0.1, 0.15) is 22.8 Å². The van der Waals surface area contributed by atoms with Gasteiger partial charge < -0.3 is 5.32 Å². The predicted octanol–water partition coefficient (Wildman–Crippen LogP) is 3.98. The average Bonchev–Trinajstić information content (AvgIpc) is 2.38. The van der Waals surface area contributed by atoms with E-state index >= 15 is 0 Å². The highest BCUT2D eigenvalue weighted by molar-refractivity contribution is 6.30. The van der Waals surface area contributed by atoms with E-state index in [1.54, 1.807) is 13.0 Å². The zero-order chi connectivity index (χ0) is 15.4. The molecule has 110 valence electrons. The van der Waals surface area contributed by atoms with Crippen LogP contribution in [0.3, 0.4) is 0 Å². The summed E-state index contributed by atoms with van der Waals surface area (Å²) in [7, 11) is 0. The fourth-order valence-electron chi connectivity index (χ4n) is 2.04. The Hall–Kier alpha value is -1.94. The summed E-state index contributed by atoms with van der Waals surface area (Å²) in [5.41, 5.74) is 0.796. The van der Waals surface area contributed by atoms with E-state index in [-0.39, 0.29) is 11.6 Å². The van der Waals surface area contributed by atoms with Crippen molar-refractivity contribution in [3.8, 4) is 0 Å². The first-order chi connectivity index (χ1) is 9.95. The molecule has 2 nitrogen and oxygen atoms in total. The van der Waals surface area contributed by atoms with Gasteiger partial charge in [0.05, 0.1) is 5.56 Å². The third kappa shape index (κ3) is 4.26. The summed E-state index contributed by atoms with van der Waals surface area (Å²) in [5.74, 6) is -2.15. The number of rotatable bonds is 4.